The van der Waals surface area contributed by atoms with E-state index in [9.17, 15) is 14.0 Å². The number of aryl methyl sites for hydroxylation is 1. The van der Waals surface area contributed by atoms with Gasteiger partial charge in [0, 0.05) is 24.5 Å². The molecular formula is C22H24FN3O2. The number of anilines is 2. The lowest BCUT2D eigenvalue weighted by atomic mass is 9.85. The lowest BCUT2D eigenvalue weighted by Gasteiger charge is -2.44. The predicted octanol–water partition coefficient (Wildman–Crippen LogP) is 4.33. The molecule has 0 aromatic heterocycles. The molecule has 2 fully saturated rings. The van der Waals surface area contributed by atoms with E-state index < -0.39 is 5.54 Å². The average Bonchev–Trinajstić information content (AvgIpc) is 3.11. The number of urea groups is 1. The molecule has 2 heterocycles. The first-order chi connectivity index (χ1) is 13.5. The van der Waals surface area contributed by atoms with Crippen molar-refractivity contribution < 1.29 is 14.0 Å². The summed E-state index contributed by atoms with van der Waals surface area (Å²) in [5.74, 6) is -0.360. The van der Waals surface area contributed by atoms with Crippen LogP contribution in [0.15, 0.2) is 48.5 Å². The first-order valence-corrected chi connectivity index (χ1v) is 9.72. The van der Waals surface area contributed by atoms with Crippen LogP contribution >= 0.6 is 0 Å². The topological polar surface area (TPSA) is 52.6 Å². The summed E-state index contributed by atoms with van der Waals surface area (Å²) in [6.45, 7) is 3.22. The van der Waals surface area contributed by atoms with Crippen LogP contribution < -0.4 is 10.2 Å². The minimum absolute atomic E-state index is 0.00522. The van der Waals surface area contributed by atoms with Crippen molar-refractivity contribution in [1.29, 1.82) is 0 Å². The van der Waals surface area contributed by atoms with E-state index in [4.69, 9.17) is 0 Å². The van der Waals surface area contributed by atoms with Gasteiger partial charge in [-0.05, 0) is 69.0 Å². The fourth-order valence-electron chi connectivity index (χ4n) is 4.34. The number of amides is 3. The van der Waals surface area contributed by atoms with Gasteiger partial charge in [0.15, 0.2) is 0 Å². The second kappa shape index (κ2) is 7.26. The van der Waals surface area contributed by atoms with Crippen molar-refractivity contribution in [2.24, 2.45) is 0 Å². The molecule has 5 nitrogen and oxygen atoms in total. The van der Waals surface area contributed by atoms with Crippen LogP contribution in [0.3, 0.4) is 0 Å². The Balaban J connectivity index is 1.57. The second-order valence-electron chi connectivity index (χ2n) is 7.62. The highest BCUT2D eigenvalue weighted by Crippen LogP contribution is 2.40. The van der Waals surface area contributed by atoms with Gasteiger partial charge < -0.3 is 15.1 Å². The Labute approximate surface area is 164 Å². The Morgan fingerprint density at radius 1 is 1.00 bits per heavy atom. The molecule has 6 heteroatoms. The van der Waals surface area contributed by atoms with Gasteiger partial charge in [0.25, 0.3) is 5.91 Å². The van der Waals surface area contributed by atoms with Crippen molar-refractivity contribution in [1.82, 2.24) is 4.90 Å². The smallest absolute Gasteiger partial charge is 0.310 e. The monoisotopic (exact) mass is 381 g/mol. The highest BCUT2D eigenvalue weighted by molar-refractivity contribution is 6.04. The van der Waals surface area contributed by atoms with Gasteiger partial charge in [-0.2, -0.15) is 0 Å². The highest BCUT2D eigenvalue weighted by Gasteiger charge is 2.53. The molecule has 0 aliphatic carbocycles. The van der Waals surface area contributed by atoms with Crippen molar-refractivity contribution in [3.05, 3.63) is 59.9 Å². The molecule has 28 heavy (non-hydrogen) atoms. The third-order valence-electron chi connectivity index (χ3n) is 5.79. The fourth-order valence-corrected chi connectivity index (χ4v) is 4.34. The van der Waals surface area contributed by atoms with Crippen molar-refractivity contribution in [2.75, 3.05) is 23.3 Å². The fraction of sp³-hybridized carbons (Fsp3) is 0.364. The van der Waals surface area contributed by atoms with Crippen LogP contribution in [-0.2, 0) is 4.79 Å². The molecule has 1 N–H and O–H groups in total. The lowest BCUT2D eigenvalue weighted by molar-refractivity contribution is -0.129. The predicted molar refractivity (Wildman–Crippen MR) is 107 cm³/mol. The molecule has 2 aromatic carbocycles. The summed E-state index contributed by atoms with van der Waals surface area (Å²) in [5.41, 5.74) is 1.74. The maximum absolute atomic E-state index is 13.5. The zero-order chi connectivity index (χ0) is 19.7. The number of benzene rings is 2. The lowest BCUT2D eigenvalue weighted by Crippen LogP contribution is -2.62. The van der Waals surface area contributed by atoms with E-state index >= 15 is 0 Å². The normalized spacial score (nSPS) is 22.0. The van der Waals surface area contributed by atoms with E-state index in [0.717, 1.165) is 24.1 Å². The van der Waals surface area contributed by atoms with Gasteiger partial charge in [-0.1, -0.05) is 17.7 Å². The number of nitrogens with one attached hydrogen (secondary N) is 1. The molecule has 1 atom stereocenters. The van der Waals surface area contributed by atoms with Crippen molar-refractivity contribution in [2.45, 2.75) is 38.1 Å². The quantitative estimate of drug-likeness (QED) is 0.842. The zero-order valence-electron chi connectivity index (χ0n) is 16.0. The first kappa shape index (κ1) is 18.5. The van der Waals surface area contributed by atoms with Gasteiger partial charge in [-0.3, -0.25) is 4.79 Å². The van der Waals surface area contributed by atoms with Crippen LogP contribution in [0.5, 0.6) is 0 Å². The third-order valence-corrected chi connectivity index (χ3v) is 5.79. The van der Waals surface area contributed by atoms with E-state index in [-0.39, 0.29) is 17.8 Å². The zero-order valence-corrected chi connectivity index (χ0v) is 16.0. The van der Waals surface area contributed by atoms with Crippen molar-refractivity contribution >= 4 is 23.3 Å². The van der Waals surface area contributed by atoms with Gasteiger partial charge in [0.1, 0.15) is 11.4 Å². The van der Waals surface area contributed by atoms with Crippen LogP contribution in [0.25, 0.3) is 0 Å². The molecule has 1 unspecified atom stereocenters. The summed E-state index contributed by atoms with van der Waals surface area (Å²) < 4.78 is 13.1. The van der Waals surface area contributed by atoms with Gasteiger partial charge in [-0.15, -0.1) is 0 Å². The Kier molecular flexibility index (Phi) is 4.79. The van der Waals surface area contributed by atoms with E-state index in [2.05, 4.69) is 5.32 Å². The van der Waals surface area contributed by atoms with Crippen LogP contribution in [0, 0.1) is 12.7 Å². The number of hydrogen-bond acceptors (Lipinski definition) is 2. The molecule has 0 bridgehead atoms. The number of halogens is 1. The maximum Gasteiger partial charge on any atom is 0.322 e. The SMILES string of the molecule is Cc1ccc(N2CCCC3(CCCN3C(=O)Nc3ccc(F)cc3)C2=O)cc1. The number of carbonyl (C=O) groups excluding carboxylic acids is 2. The molecule has 1 spiro atoms. The van der Waals surface area contributed by atoms with Crippen molar-refractivity contribution in [3.63, 3.8) is 0 Å². The molecule has 146 valence electrons. The summed E-state index contributed by atoms with van der Waals surface area (Å²) >= 11 is 0. The molecule has 2 aliphatic rings. The van der Waals surface area contributed by atoms with Gasteiger partial charge in [-0.25, -0.2) is 9.18 Å². The molecule has 0 radical (unpaired) electrons. The largest absolute Gasteiger partial charge is 0.322 e. The minimum Gasteiger partial charge on any atom is -0.310 e. The van der Waals surface area contributed by atoms with Crippen LogP contribution in [-0.4, -0.2) is 35.5 Å². The number of hydrogen-bond donors (Lipinski definition) is 1. The maximum atomic E-state index is 13.5. The van der Waals surface area contributed by atoms with Crippen molar-refractivity contribution in [3.8, 4) is 0 Å². The van der Waals surface area contributed by atoms with E-state index in [1.165, 1.54) is 24.3 Å². The Bertz CT molecular complexity index is 882. The van der Waals surface area contributed by atoms with Crippen LogP contribution in [0.4, 0.5) is 20.6 Å². The molecule has 2 aliphatic heterocycles. The number of carbonyl (C=O) groups is 2. The number of rotatable bonds is 2. The molecule has 4 rings (SSSR count). The van der Waals surface area contributed by atoms with E-state index in [0.29, 0.717) is 31.6 Å². The van der Waals surface area contributed by atoms with Gasteiger partial charge in [0.05, 0.1) is 0 Å². The number of nitrogens with zero attached hydrogens (tertiary/aromatic N) is 2. The Hall–Kier alpha value is -2.89. The Morgan fingerprint density at radius 3 is 2.32 bits per heavy atom. The summed E-state index contributed by atoms with van der Waals surface area (Å²) in [6, 6.07) is 13.3. The highest BCUT2D eigenvalue weighted by atomic mass is 19.1. The summed E-state index contributed by atoms with van der Waals surface area (Å²) in [6.07, 6.45) is 2.99. The van der Waals surface area contributed by atoms with E-state index in [1.54, 1.807) is 4.90 Å². The third kappa shape index (κ3) is 3.23. The second-order valence-corrected chi connectivity index (χ2v) is 7.62. The van der Waals surface area contributed by atoms with Gasteiger partial charge in [0.2, 0.25) is 0 Å². The standard InChI is InChI=1S/C22H24FN3O2/c1-16-4-10-19(11-5-16)25-14-2-12-22(20(25)27)13-3-15-26(22)21(28)24-18-8-6-17(23)7-9-18/h4-11H,2-3,12-15H2,1H3,(H,24,28). The van der Waals surface area contributed by atoms with Crippen LogP contribution in [0.2, 0.25) is 0 Å². The van der Waals surface area contributed by atoms with Crippen LogP contribution in [0.1, 0.15) is 31.2 Å². The molecular weight excluding hydrogens is 357 g/mol. The summed E-state index contributed by atoms with van der Waals surface area (Å²) in [7, 11) is 0. The number of piperidine rings is 1. The molecule has 3 amide bonds. The Morgan fingerprint density at radius 2 is 1.64 bits per heavy atom. The summed E-state index contributed by atoms with van der Waals surface area (Å²) in [5, 5.41) is 2.81. The number of likely N-dealkylation sites (tertiary alicyclic amines) is 1. The minimum atomic E-state index is -0.798. The average molecular weight is 381 g/mol. The van der Waals surface area contributed by atoms with E-state index in [1.807, 2.05) is 36.1 Å². The molecule has 0 saturated carbocycles. The van der Waals surface area contributed by atoms with Gasteiger partial charge >= 0.3 is 6.03 Å². The molecule has 2 saturated heterocycles. The first-order valence-electron chi connectivity index (χ1n) is 9.72. The molecule has 2 aromatic rings. The summed E-state index contributed by atoms with van der Waals surface area (Å²) in [4.78, 5) is 29.9.